The molecule has 0 aliphatic carbocycles. The molecule has 7 nitrogen and oxygen atoms in total. The van der Waals surface area contributed by atoms with Crippen LogP contribution in [0.2, 0.25) is 0 Å². The fourth-order valence-corrected chi connectivity index (χ4v) is 1.53. The van der Waals surface area contributed by atoms with Crippen LogP contribution < -0.4 is 5.32 Å². The van der Waals surface area contributed by atoms with Crippen LogP contribution in [0, 0.1) is 23.0 Å². The average Bonchev–Trinajstić information content (AvgIpc) is 2.62. The molecule has 0 spiro atoms. The molecule has 0 bridgehead atoms. The minimum Gasteiger partial charge on any atom is -0.396 e. The predicted molar refractivity (Wildman–Crippen MR) is 64.0 cm³/mol. The van der Waals surface area contributed by atoms with Gasteiger partial charge in [-0.3, -0.25) is 10.1 Å². The molecular formula is C10H18N4O3. The zero-order chi connectivity index (χ0) is 13.0. The lowest BCUT2D eigenvalue weighted by Crippen LogP contribution is -2.17. The molecular weight excluding hydrogens is 224 g/mol. The number of nitrogens with zero attached hydrogens (tertiary/aromatic N) is 3. The fourth-order valence-electron chi connectivity index (χ4n) is 1.53. The van der Waals surface area contributed by atoms with E-state index in [0.29, 0.717) is 24.6 Å². The number of hydrogen-bond donors (Lipinski definition) is 2. The predicted octanol–water partition coefficient (Wildman–Crippen LogP) is 1.16. The van der Waals surface area contributed by atoms with Crippen molar-refractivity contribution in [1.29, 1.82) is 0 Å². The molecule has 96 valence electrons. The summed E-state index contributed by atoms with van der Waals surface area (Å²) in [6, 6.07) is 0. The Morgan fingerprint density at radius 1 is 1.65 bits per heavy atom. The highest BCUT2D eigenvalue weighted by molar-refractivity contribution is 5.59. The molecule has 0 saturated heterocycles. The molecule has 0 aliphatic rings. The van der Waals surface area contributed by atoms with Crippen molar-refractivity contribution in [2.24, 2.45) is 5.92 Å². The van der Waals surface area contributed by atoms with Crippen molar-refractivity contribution < 1.29 is 10.0 Å². The van der Waals surface area contributed by atoms with Crippen molar-refractivity contribution in [2.75, 3.05) is 18.5 Å². The van der Waals surface area contributed by atoms with Gasteiger partial charge in [-0.2, -0.15) is 5.10 Å². The summed E-state index contributed by atoms with van der Waals surface area (Å²) < 4.78 is 1.57. The van der Waals surface area contributed by atoms with Crippen LogP contribution in [0.25, 0.3) is 0 Å². The number of aryl methyl sites for hydroxylation is 2. The van der Waals surface area contributed by atoms with Gasteiger partial charge in [-0.05, 0) is 19.8 Å². The second-order valence-electron chi connectivity index (χ2n) is 4.02. The van der Waals surface area contributed by atoms with E-state index in [2.05, 4.69) is 10.4 Å². The number of aliphatic hydroxyl groups excluding tert-OH is 1. The van der Waals surface area contributed by atoms with Crippen molar-refractivity contribution in [2.45, 2.75) is 27.3 Å². The maximum absolute atomic E-state index is 10.9. The molecule has 0 amide bonds. The van der Waals surface area contributed by atoms with Crippen molar-refractivity contribution in [3.8, 4) is 0 Å². The Labute approximate surface area is 99.6 Å². The first kappa shape index (κ1) is 13.4. The largest absolute Gasteiger partial charge is 0.396 e. The lowest BCUT2D eigenvalue weighted by Gasteiger charge is -2.11. The molecule has 1 heterocycles. The van der Waals surface area contributed by atoms with Crippen LogP contribution in [0.3, 0.4) is 0 Å². The highest BCUT2D eigenvalue weighted by Gasteiger charge is 2.24. The van der Waals surface area contributed by atoms with E-state index in [1.165, 1.54) is 0 Å². The smallest absolute Gasteiger partial charge is 0.333 e. The Balaban J connectivity index is 2.98. The van der Waals surface area contributed by atoms with E-state index in [-0.39, 0.29) is 18.2 Å². The van der Waals surface area contributed by atoms with Gasteiger partial charge < -0.3 is 10.4 Å². The number of rotatable bonds is 6. The molecule has 0 fully saturated rings. The van der Waals surface area contributed by atoms with Gasteiger partial charge in [-0.25, -0.2) is 4.68 Å². The topological polar surface area (TPSA) is 93.2 Å². The summed E-state index contributed by atoms with van der Waals surface area (Å²) >= 11 is 0. The lowest BCUT2D eigenvalue weighted by molar-refractivity contribution is -0.384. The Morgan fingerprint density at radius 3 is 2.76 bits per heavy atom. The van der Waals surface area contributed by atoms with Crippen molar-refractivity contribution in [3.05, 3.63) is 15.8 Å². The van der Waals surface area contributed by atoms with Crippen LogP contribution in [0.1, 0.15) is 19.5 Å². The Morgan fingerprint density at radius 2 is 2.29 bits per heavy atom. The van der Waals surface area contributed by atoms with Gasteiger partial charge in [0, 0.05) is 19.7 Å². The third-order valence-corrected chi connectivity index (χ3v) is 2.51. The Bertz CT molecular complexity index is 403. The normalized spacial score (nSPS) is 12.5. The molecule has 1 unspecified atom stereocenters. The Hall–Kier alpha value is -1.63. The fraction of sp³-hybridized carbons (Fsp3) is 0.700. The van der Waals surface area contributed by atoms with Gasteiger partial charge in [-0.15, -0.1) is 0 Å². The quantitative estimate of drug-likeness (QED) is 0.576. The summed E-state index contributed by atoms with van der Waals surface area (Å²) in [6.07, 6.45) is 0. The summed E-state index contributed by atoms with van der Waals surface area (Å²) in [5, 5.41) is 27.0. The molecule has 17 heavy (non-hydrogen) atoms. The third kappa shape index (κ3) is 2.94. The molecule has 1 rings (SSSR count). The zero-order valence-corrected chi connectivity index (χ0v) is 10.3. The maximum atomic E-state index is 10.9. The van der Waals surface area contributed by atoms with Crippen molar-refractivity contribution in [1.82, 2.24) is 9.78 Å². The van der Waals surface area contributed by atoms with E-state index < -0.39 is 4.92 Å². The number of aliphatic hydroxyl groups is 1. The Kier molecular flexibility index (Phi) is 4.45. The summed E-state index contributed by atoms with van der Waals surface area (Å²) in [7, 11) is 0. The molecule has 0 radical (unpaired) electrons. The average molecular weight is 242 g/mol. The first-order valence-electron chi connectivity index (χ1n) is 5.57. The number of anilines is 1. The van der Waals surface area contributed by atoms with Gasteiger partial charge in [-0.1, -0.05) is 6.92 Å². The molecule has 0 aliphatic heterocycles. The van der Waals surface area contributed by atoms with Crippen LogP contribution in [0.15, 0.2) is 0 Å². The minimum absolute atomic E-state index is 0.0111. The second kappa shape index (κ2) is 5.62. The highest BCUT2D eigenvalue weighted by Crippen LogP contribution is 2.28. The first-order chi connectivity index (χ1) is 8.01. The summed E-state index contributed by atoms with van der Waals surface area (Å²) in [6.45, 7) is 6.42. The third-order valence-electron chi connectivity index (χ3n) is 2.51. The van der Waals surface area contributed by atoms with Gasteiger partial charge >= 0.3 is 5.69 Å². The zero-order valence-electron chi connectivity index (χ0n) is 10.3. The molecule has 1 aromatic rings. The SMILES string of the molecule is CCn1nc(C)c([N+](=O)[O-])c1NCC(C)CO. The molecule has 1 atom stereocenters. The highest BCUT2D eigenvalue weighted by atomic mass is 16.6. The number of aromatic nitrogens is 2. The first-order valence-corrected chi connectivity index (χ1v) is 5.57. The van der Waals surface area contributed by atoms with Crippen LogP contribution in [0.5, 0.6) is 0 Å². The van der Waals surface area contributed by atoms with Gasteiger partial charge in [0.1, 0.15) is 5.69 Å². The van der Waals surface area contributed by atoms with E-state index >= 15 is 0 Å². The molecule has 0 aromatic carbocycles. The summed E-state index contributed by atoms with van der Waals surface area (Å²) in [5.74, 6) is 0.449. The summed E-state index contributed by atoms with van der Waals surface area (Å²) in [4.78, 5) is 10.5. The lowest BCUT2D eigenvalue weighted by atomic mass is 10.2. The monoisotopic (exact) mass is 242 g/mol. The van der Waals surface area contributed by atoms with Crippen molar-refractivity contribution >= 4 is 11.5 Å². The van der Waals surface area contributed by atoms with Crippen LogP contribution >= 0.6 is 0 Å². The maximum Gasteiger partial charge on any atom is 0.333 e. The van der Waals surface area contributed by atoms with Crippen LogP contribution in [0.4, 0.5) is 11.5 Å². The van der Waals surface area contributed by atoms with Gasteiger partial charge in [0.25, 0.3) is 0 Å². The summed E-state index contributed by atoms with van der Waals surface area (Å²) in [5.41, 5.74) is 0.410. The van der Waals surface area contributed by atoms with Gasteiger partial charge in [0.15, 0.2) is 0 Å². The number of nitrogens with one attached hydrogen (secondary N) is 1. The molecule has 1 aromatic heterocycles. The van der Waals surface area contributed by atoms with E-state index in [9.17, 15) is 10.1 Å². The standard InChI is InChI=1S/C10H18N4O3/c1-4-13-10(11-5-7(2)6-15)9(14(16)17)8(3)12-13/h7,11,15H,4-6H2,1-3H3. The van der Waals surface area contributed by atoms with Gasteiger partial charge in [0.05, 0.1) is 4.92 Å². The molecule has 2 N–H and O–H groups in total. The van der Waals surface area contributed by atoms with Crippen LogP contribution in [-0.2, 0) is 6.54 Å². The number of nitro groups is 1. The van der Waals surface area contributed by atoms with E-state index in [1.807, 2.05) is 13.8 Å². The van der Waals surface area contributed by atoms with Crippen LogP contribution in [-0.4, -0.2) is 33.0 Å². The van der Waals surface area contributed by atoms with E-state index in [0.717, 1.165) is 0 Å². The van der Waals surface area contributed by atoms with E-state index in [1.54, 1.807) is 11.6 Å². The van der Waals surface area contributed by atoms with Gasteiger partial charge in [0.2, 0.25) is 5.82 Å². The molecule has 7 heteroatoms. The second-order valence-corrected chi connectivity index (χ2v) is 4.02. The number of hydrogen-bond acceptors (Lipinski definition) is 5. The van der Waals surface area contributed by atoms with Crippen molar-refractivity contribution in [3.63, 3.8) is 0 Å². The minimum atomic E-state index is -0.430. The molecule has 0 saturated carbocycles. The van der Waals surface area contributed by atoms with E-state index in [4.69, 9.17) is 5.11 Å².